The van der Waals surface area contributed by atoms with Crippen LogP contribution >= 0.6 is 0 Å². The SMILES string of the molecule is CC(C)[C@@H]1CC[C@@H](C)CC1C(=O)ON1CCc2ccccc2C1c1c(O)ccc2ccccc12. The molecule has 4 heteroatoms. The fourth-order valence-corrected chi connectivity index (χ4v) is 6.17. The lowest BCUT2D eigenvalue weighted by Gasteiger charge is -2.40. The Hall–Kier alpha value is -2.85. The molecule has 1 N–H and O–H groups in total. The Kier molecular flexibility index (Phi) is 6.35. The minimum Gasteiger partial charge on any atom is -0.508 e. The molecule has 0 aromatic heterocycles. The molecule has 0 spiro atoms. The molecule has 1 aliphatic carbocycles. The highest BCUT2D eigenvalue weighted by Crippen LogP contribution is 2.44. The third-order valence-corrected chi connectivity index (χ3v) is 7.99. The summed E-state index contributed by atoms with van der Waals surface area (Å²) in [7, 11) is 0. The van der Waals surface area contributed by atoms with E-state index in [0.717, 1.165) is 41.2 Å². The number of carbonyl (C=O) groups is 1. The Morgan fingerprint density at radius 2 is 1.79 bits per heavy atom. The summed E-state index contributed by atoms with van der Waals surface area (Å²) in [6.07, 6.45) is 3.95. The van der Waals surface area contributed by atoms with Gasteiger partial charge in [-0.2, -0.15) is 0 Å². The maximum absolute atomic E-state index is 13.6. The lowest BCUT2D eigenvalue weighted by molar-refractivity contribution is -0.210. The van der Waals surface area contributed by atoms with Gasteiger partial charge in [-0.25, -0.2) is 0 Å². The van der Waals surface area contributed by atoms with E-state index in [2.05, 4.69) is 45.0 Å². The summed E-state index contributed by atoms with van der Waals surface area (Å²) in [5, 5.41) is 14.9. The number of fused-ring (bicyclic) bond motifs is 2. The van der Waals surface area contributed by atoms with Crippen molar-refractivity contribution in [3.8, 4) is 5.75 Å². The number of nitrogens with zero attached hydrogens (tertiary/aromatic N) is 1. The van der Waals surface area contributed by atoms with Gasteiger partial charge in [0.1, 0.15) is 11.8 Å². The van der Waals surface area contributed by atoms with Crippen LogP contribution in [0.2, 0.25) is 0 Å². The van der Waals surface area contributed by atoms with Crippen LogP contribution in [-0.4, -0.2) is 22.7 Å². The van der Waals surface area contributed by atoms with Crippen molar-refractivity contribution in [2.75, 3.05) is 6.54 Å². The molecule has 5 rings (SSSR count). The third kappa shape index (κ3) is 4.20. The zero-order valence-electron chi connectivity index (χ0n) is 20.4. The molecule has 34 heavy (non-hydrogen) atoms. The molecule has 0 saturated heterocycles. The first-order chi connectivity index (χ1) is 16.4. The average Bonchev–Trinajstić information content (AvgIpc) is 2.84. The number of benzene rings is 3. The molecule has 2 aliphatic rings. The molecule has 3 aromatic carbocycles. The lowest BCUT2D eigenvalue weighted by Crippen LogP contribution is -2.42. The molecule has 4 nitrogen and oxygen atoms in total. The highest BCUT2D eigenvalue weighted by atomic mass is 16.7. The second-order valence-electron chi connectivity index (χ2n) is 10.6. The summed E-state index contributed by atoms with van der Waals surface area (Å²) in [4.78, 5) is 19.9. The summed E-state index contributed by atoms with van der Waals surface area (Å²) in [5.74, 6) is 1.37. The van der Waals surface area contributed by atoms with Crippen LogP contribution in [-0.2, 0) is 16.1 Å². The summed E-state index contributed by atoms with van der Waals surface area (Å²) in [6.45, 7) is 7.28. The molecule has 1 fully saturated rings. The number of phenols is 1. The molecule has 4 atom stereocenters. The maximum Gasteiger partial charge on any atom is 0.328 e. The van der Waals surface area contributed by atoms with E-state index in [0.29, 0.717) is 24.3 Å². The van der Waals surface area contributed by atoms with Crippen molar-refractivity contribution in [1.82, 2.24) is 5.06 Å². The summed E-state index contributed by atoms with van der Waals surface area (Å²) >= 11 is 0. The van der Waals surface area contributed by atoms with E-state index in [-0.39, 0.29) is 23.7 Å². The summed E-state index contributed by atoms with van der Waals surface area (Å²) in [5.41, 5.74) is 3.12. The van der Waals surface area contributed by atoms with Gasteiger partial charge in [0.05, 0.1) is 5.92 Å². The Morgan fingerprint density at radius 3 is 2.62 bits per heavy atom. The molecule has 0 bridgehead atoms. The van der Waals surface area contributed by atoms with Gasteiger partial charge in [0.2, 0.25) is 0 Å². The van der Waals surface area contributed by atoms with Gasteiger partial charge in [0.25, 0.3) is 0 Å². The van der Waals surface area contributed by atoms with E-state index in [4.69, 9.17) is 4.84 Å². The van der Waals surface area contributed by atoms with Gasteiger partial charge in [-0.1, -0.05) is 81.8 Å². The fraction of sp³-hybridized carbons (Fsp3) is 0.433. The van der Waals surface area contributed by atoms with Crippen LogP contribution in [0.3, 0.4) is 0 Å². The third-order valence-electron chi connectivity index (χ3n) is 7.99. The topological polar surface area (TPSA) is 49.8 Å². The van der Waals surface area contributed by atoms with Gasteiger partial charge in [-0.3, -0.25) is 4.79 Å². The largest absolute Gasteiger partial charge is 0.508 e. The van der Waals surface area contributed by atoms with Crippen LogP contribution in [0.15, 0.2) is 60.7 Å². The second kappa shape index (κ2) is 9.42. The van der Waals surface area contributed by atoms with Crippen molar-refractivity contribution < 1.29 is 14.7 Å². The Labute approximate surface area is 202 Å². The number of hydrogen-bond donors (Lipinski definition) is 1. The normalized spacial score (nSPS) is 25.3. The first-order valence-corrected chi connectivity index (χ1v) is 12.7. The molecule has 2 unspecified atom stereocenters. The summed E-state index contributed by atoms with van der Waals surface area (Å²) in [6, 6.07) is 19.8. The number of carbonyl (C=O) groups excluding carboxylic acids is 1. The van der Waals surface area contributed by atoms with E-state index in [1.165, 1.54) is 12.0 Å². The Bertz CT molecular complexity index is 1190. The van der Waals surface area contributed by atoms with Crippen LogP contribution in [0.1, 0.15) is 62.8 Å². The second-order valence-corrected chi connectivity index (χ2v) is 10.6. The van der Waals surface area contributed by atoms with Gasteiger partial charge in [0.15, 0.2) is 0 Å². The Balaban J connectivity index is 1.55. The number of phenolic OH excluding ortho intramolecular Hbond substituents is 1. The van der Waals surface area contributed by atoms with Gasteiger partial charge in [-0.05, 0) is 65.0 Å². The molecule has 0 radical (unpaired) electrons. The van der Waals surface area contributed by atoms with Crippen LogP contribution in [0.4, 0.5) is 0 Å². The highest BCUT2D eigenvalue weighted by molar-refractivity contribution is 5.88. The van der Waals surface area contributed by atoms with Crippen LogP contribution < -0.4 is 0 Å². The van der Waals surface area contributed by atoms with E-state index in [9.17, 15) is 9.90 Å². The number of aromatic hydroxyl groups is 1. The monoisotopic (exact) mass is 457 g/mol. The van der Waals surface area contributed by atoms with Crippen LogP contribution in [0, 0.1) is 23.7 Å². The standard InChI is InChI=1S/C30H35NO3/c1-19(2)23-14-12-20(3)18-26(23)30(33)34-31-17-16-22-9-5-7-11-25(22)29(31)28-24-10-6-4-8-21(24)13-15-27(28)32/h4-11,13,15,19-20,23,26,29,32H,12,14,16-18H2,1-3H3/t20-,23+,26?,29?/m1/s1. The number of hydrogen-bond acceptors (Lipinski definition) is 4. The van der Waals surface area contributed by atoms with Crippen molar-refractivity contribution in [3.63, 3.8) is 0 Å². The smallest absolute Gasteiger partial charge is 0.328 e. The minimum atomic E-state index is -0.349. The van der Waals surface area contributed by atoms with E-state index < -0.39 is 0 Å². The number of hydroxylamine groups is 2. The Morgan fingerprint density at radius 1 is 1.03 bits per heavy atom. The summed E-state index contributed by atoms with van der Waals surface area (Å²) < 4.78 is 0. The number of rotatable bonds is 4. The molecular weight excluding hydrogens is 422 g/mol. The quantitative estimate of drug-likeness (QED) is 0.476. The molecule has 1 aliphatic heterocycles. The van der Waals surface area contributed by atoms with E-state index in [1.807, 2.05) is 35.4 Å². The molecule has 1 heterocycles. The predicted octanol–water partition coefficient (Wildman–Crippen LogP) is 6.66. The van der Waals surface area contributed by atoms with Gasteiger partial charge in [0, 0.05) is 12.1 Å². The molecule has 0 amide bonds. The van der Waals surface area contributed by atoms with Crippen molar-refractivity contribution in [2.45, 2.75) is 52.5 Å². The molecule has 3 aromatic rings. The first kappa shape index (κ1) is 22.9. The lowest BCUT2D eigenvalue weighted by atomic mass is 9.70. The van der Waals surface area contributed by atoms with Crippen molar-refractivity contribution >= 4 is 16.7 Å². The van der Waals surface area contributed by atoms with Gasteiger partial charge in [-0.15, -0.1) is 5.06 Å². The molecular formula is C30H35NO3. The molecule has 178 valence electrons. The van der Waals surface area contributed by atoms with Crippen molar-refractivity contribution in [1.29, 1.82) is 0 Å². The van der Waals surface area contributed by atoms with Crippen LogP contribution in [0.25, 0.3) is 10.8 Å². The van der Waals surface area contributed by atoms with Gasteiger partial charge >= 0.3 is 5.97 Å². The van der Waals surface area contributed by atoms with Crippen molar-refractivity contribution in [3.05, 3.63) is 77.4 Å². The predicted molar refractivity (Wildman–Crippen MR) is 135 cm³/mol. The van der Waals surface area contributed by atoms with E-state index in [1.54, 1.807) is 6.07 Å². The van der Waals surface area contributed by atoms with E-state index >= 15 is 0 Å². The maximum atomic E-state index is 13.6. The average molecular weight is 458 g/mol. The van der Waals surface area contributed by atoms with Gasteiger partial charge < -0.3 is 9.94 Å². The molecule has 1 saturated carbocycles. The van der Waals surface area contributed by atoms with Crippen LogP contribution in [0.5, 0.6) is 5.75 Å². The zero-order chi connectivity index (χ0) is 23.8. The minimum absolute atomic E-state index is 0.0808. The fourth-order valence-electron chi connectivity index (χ4n) is 6.17. The zero-order valence-corrected chi connectivity index (χ0v) is 20.4. The first-order valence-electron chi connectivity index (χ1n) is 12.7. The highest BCUT2D eigenvalue weighted by Gasteiger charge is 2.40. The van der Waals surface area contributed by atoms with Crippen molar-refractivity contribution in [2.24, 2.45) is 23.7 Å².